The standard InChI is InChI=1S/C14H16N4O/c1-9-5-13(17-18(9)2)16-14(19)10-3-4-11-7-15-8-12(11)6-10/h3-6,15H,7-8H2,1-2H3,(H,16,17,19). The first kappa shape index (κ1) is 11.9. The van der Waals surface area contributed by atoms with E-state index >= 15 is 0 Å². The first-order chi connectivity index (χ1) is 9.13. The van der Waals surface area contributed by atoms with Gasteiger partial charge in [-0.2, -0.15) is 5.10 Å². The zero-order valence-electron chi connectivity index (χ0n) is 11.0. The van der Waals surface area contributed by atoms with Crippen molar-refractivity contribution in [1.82, 2.24) is 15.1 Å². The molecule has 0 saturated carbocycles. The molecule has 98 valence electrons. The minimum absolute atomic E-state index is 0.118. The molecule has 5 nitrogen and oxygen atoms in total. The van der Waals surface area contributed by atoms with Crippen molar-refractivity contribution in [1.29, 1.82) is 0 Å². The highest BCUT2D eigenvalue weighted by atomic mass is 16.1. The van der Waals surface area contributed by atoms with Gasteiger partial charge in [0, 0.05) is 37.5 Å². The number of rotatable bonds is 2. The van der Waals surface area contributed by atoms with Gasteiger partial charge in [-0.1, -0.05) is 6.07 Å². The second-order valence-electron chi connectivity index (χ2n) is 4.84. The van der Waals surface area contributed by atoms with E-state index in [2.05, 4.69) is 15.7 Å². The Morgan fingerprint density at radius 2 is 2.11 bits per heavy atom. The van der Waals surface area contributed by atoms with Gasteiger partial charge in [0.15, 0.2) is 5.82 Å². The highest BCUT2D eigenvalue weighted by Crippen LogP contribution is 2.18. The van der Waals surface area contributed by atoms with Crippen molar-refractivity contribution in [2.45, 2.75) is 20.0 Å². The Morgan fingerprint density at radius 3 is 2.84 bits per heavy atom. The molecule has 0 atom stereocenters. The molecule has 2 heterocycles. The Hall–Kier alpha value is -2.14. The van der Waals surface area contributed by atoms with E-state index in [1.54, 1.807) is 4.68 Å². The molecular weight excluding hydrogens is 240 g/mol. The Labute approximate surface area is 111 Å². The van der Waals surface area contributed by atoms with Crippen LogP contribution in [0, 0.1) is 6.92 Å². The van der Waals surface area contributed by atoms with Crippen molar-refractivity contribution in [3.63, 3.8) is 0 Å². The topological polar surface area (TPSA) is 59.0 Å². The van der Waals surface area contributed by atoms with Crippen molar-refractivity contribution in [3.05, 3.63) is 46.6 Å². The Kier molecular flexibility index (Phi) is 2.83. The van der Waals surface area contributed by atoms with Gasteiger partial charge >= 0.3 is 0 Å². The number of carbonyl (C=O) groups is 1. The van der Waals surface area contributed by atoms with Crippen LogP contribution in [0.4, 0.5) is 5.82 Å². The van der Waals surface area contributed by atoms with Gasteiger partial charge in [0.25, 0.3) is 5.91 Å². The summed E-state index contributed by atoms with van der Waals surface area (Å²) in [5, 5.41) is 10.3. The van der Waals surface area contributed by atoms with Crippen LogP contribution in [-0.2, 0) is 20.1 Å². The van der Waals surface area contributed by atoms with Gasteiger partial charge in [0.05, 0.1) is 0 Å². The number of nitrogens with one attached hydrogen (secondary N) is 2. The molecule has 0 unspecified atom stereocenters. The maximum Gasteiger partial charge on any atom is 0.256 e. The fraction of sp³-hybridized carbons (Fsp3) is 0.286. The summed E-state index contributed by atoms with van der Waals surface area (Å²) < 4.78 is 1.74. The lowest BCUT2D eigenvalue weighted by atomic mass is 10.1. The number of fused-ring (bicyclic) bond motifs is 1. The molecule has 0 bridgehead atoms. The van der Waals surface area contributed by atoms with Crippen molar-refractivity contribution < 1.29 is 4.79 Å². The number of amides is 1. The first-order valence-corrected chi connectivity index (χ1v) is 6.28. The molecule has 1 aromatic heterocycles. The fourth-order valence-electron chi connectivity index (χ4n) is 2.25. The van der Waals surface area contributed by atoms with E-state index in [1.807, 2.05) is 38.2 Å². The zero-order chi connectivity index (χ0) is 13.4. The van der Waals surface area contributed by atoms with Crippen LogP contribution in [0.15, 0.2) is 24.3 Å². The number of benzene rings is 1. The molecule has 0 fully saturated rings. The molecule has 0 spiro atoms. The second kappa shape index (κ2) is 4.51. The lowest BCUT2D eigenvalue weighted by Gasteiger charge is -2.04. The van der Waals surface area contributed by atoms with Crippen LogP contribution in [0.2, 0.25) is 0 Å². The number of anilines is 1. The van der Waals surface area contributed by atoms with Crippen molar-refractivity contribution in [2.75, 3.05) is 5.32 Å². The van der Waals surface area contributed by atoms with Crippen LogP contribution >= 0.6 is 0 Å². The molecule has 1 aliphatic heterocycles. The van der Waals surface area contributed by atoms with Crippen molar-refractivity contribution in [2.24, 2.45) is 7.05 Å². The molecule has 0 radical (unpaired) electrons. The third-order valence-corrected chi connectivity index (χ3v) is 3.45. The molecule has 2 N–H and O–H groups in total. The maximum absolute atomic E-state index is 12.2. The minimum Gasteiger partial charge on any atom is -0.309 e. The van der Waals surface area contributed by atoms with Crippen LogP contribution in [0.1, 0.15) is 27.2 Å². The number of carbonyl (C=O) groups excluding carboxylic acids is 1. The highest BCUT2D eigenvalue weighted by molar-refractivity contribution is 6.03. The molecule has 1 aromatic carbocycles. The Bertz CT molecular complexity index is 625. The molecule has 3 rings (SSSR count). The van der Waals surface area contributed by atoms with Gasteiger partial charge in [0.2, 0.25) is 0 Å². The summed E-state index contributed by atoms with van der Waals surface area (Å²) >= 11 is 0. The van der Waals surface area contributed by atoms with Gasteiger partial charge < -0.3 is 10.6 Å². The summed E-state index contributed by atoms with van der Waals surface area (Å²) in [5.74, 6) is 0.469. The van der Waals surface area contributed by atoms with E-state index in [1.165, 1.54) is 11.1 Å². The van der Waals surface area contributed by atoms with E-state index in [-0.39, 0.29) is 5.91 Å². The largest absolute Gasteiger partial charge is 0.309 e. The number of hydrogen-bond acceptors (Lipinski definition) is 3. The van der Waals surface area contributed by atoms with Gasteiger partial charge in [-0.15, -0.1) is 0 Å². The van der Waals surface area contributed by atoms with Crippen LogP contribution in [-0.4, -0.2) is 15.7 Å². The normalized spacial score (nSPS) is 13.4. The van der Waals surface area contributed by atoms with Gasteiger partial charge in [-0.05, 0) is 30.2 Å². The maximum atomic E-state index is 12.2. The smallest absolute Gasteiger partial charge is 0.256 e. The molecule has 1 aliphatic rings. The third kappa shape index (κ3) is 2.24. The van der Waals surface area contributed by atoms with Gasteiger partial charge in [0.1, 0.15) is 0 Å². The zero-order valence-corrected chi connectivity index (χ0v) is 11.0. The van der Waals surface area contributed by atoms with Crippen LogP contribution < -0.4 is 10.6 Å². The van der Waals surface area contributed by atoms with Crippen molar-refractivity contribution in [3.8, 4) is 0 Å². The number of nitrogens with zero attached hydrogens (tertiary/aromatic N) is 2. The lowest BCUT2D eigenvalue weighted by Crippen LogP contribution is -2.13. The van der Waals surface area contributed by atoms with Gasteiger partial charge in [-0.3, -0.25) is 9.48 Å². The Morgan fingerprint density at radius 1 is 1.32 bits per heavy atom. The molecular formula is C14H16N4O. The third-order valence-electron chi connectivity index (χ3n) is 3.45. The number of aryl methyl sites for hydroxylation is 2. The SMILES string of the molecule is Cc1cc(NC(=O)c2ccc3c(c2)CNC3)nn1C. The van der Waals surface area contributed by atoms with Crippen LogP contribution in [0.25, 0.3) is 0 Å². The quantitative estimate of drug-likeness (QED) is 0.857. The lowest BCUT2D eigenvalue weighted by molar-refractivity contribution is 0.102. The summed E-state index contributed by atoms with van der Waals surface area (Å²) in [7, 11) is 1.85. The summed E-state index contributed by atoms with van der Waals surface area (Å²) in [4.78, 5) is 12.2. The first-order valence-electron chi connectivity index (χ1n) is 6.28. The molecule has 1 amide bonds. The van der Waals surface area contributed by atoms with Crippen LogP contribution in [0.3, 0.4) is 0 Å². The molecule has 19 heavy (non-hydrogen) atoms. The summed E-state index contributed by atoms with van der Waals surface area (Å²) in [6.07, 6.45) is 0. The van der Waals surface area contributed by atoms with Crippen molar-refractivity contribution >= 4 is 11.7 Å². The molecule has 0 saturated heterocycles. The van der Waals surface area contributed by atoms with Gasteiger partial charge in [-0.25, -0.2) is 0 Å². The average Bonchev–Trinajstić information content (AvgIpc) is 2.96. The van der Waals surface area contributed by atoms with Crippen LogP contribution in [0.5, 0.6) is 0 Å². The molecule has 5 heteroatoms. The summed E-state index contributed by atoms with van der Waals surface area (Å²) in [6, 6.07) is 7.66. The predicted molar refractivity (Wildman–Crippen MR) is 72.9 cm³/mol. The minimum atomic E-state index is -0.118. The summed E-state index contributed by atoms with van der Waals surface area (Å²) in [6.45, 7) is 3.67. The predicted octanol–water partition coefficient (Wildman–Crippen LogP) is 1.58. The molecule has 0 aliphatic carbocycles. The molecule has 2 aromatic rings. The highest BCUT2D eigenvalue weighted by Gasteiger charge is 2.14. The number of hydrogen-bond donors (Lipinski definition) is 2. The average molecular weight is 256 g/mol. The second-order valence-corrected chi connectivity index (χ2v) is 4.84. The van der Waals surface area contributed by atoms with E-state index < -0.39 is 0 Å². The number of aromatic nitrogens is 2. The summed E-state index contributed by atoms with van der Waals surface area (Å²) in [5.41, 5.74) is 4.15. The van der Waals surface area contributed by atoms with E-state index in [0.29, 0.717) is 11.4 Å². The fourth-order valence-corrected chi connectivity index (χ4v) is 2.25. The van der Waals surface area contributed by atoms with E-state index in [9.17, 15) is 4.79 Å². The monoisotopic (exact) mass is 256 g/mol. The Balaban J connectivity index is 1.80. The van der Waals surface area contributed by atoms with E-state index in [4.69, 9.17) is 0 Å². The van der Waals surface area contributed by atoms with E-state index in [0.717, 1.165) is 18.8 Å².